The molecule has 0 aromatic rings. The van der Waals surface area contributed by atoms with Crippen LogP contribution in [0.25, 0.3) is 0 Å². The van der Waals surface area contributed by atoms with Crippen LogP contribution < -0.4 is 0 Å². The standard InChI is InChI=1S/C4H8Cl2NOP/c5-1-3-7(9-8)4-2-6/h1-4H2. The molecule has 0 aromatic carbocycles. The van der Waals surface area contributed by atoms with Gasteiger partial charge in [-0.15, -0.1) is 23.2 Å². The van der Waals surface area contributed by atoms with Gasteiger partial charge in [-0.3, -0.25) is 4.57 Å². The van der Waals surface area contributed by atoms with E-state index in [0.717, 1.165) is 0 Å². The van der Waals surface area contributed by atoms with E-state index in [-0.39, 0.29) is 8.61 Å². The van der Waals surface area contributed by atoms with Gasteiger partial charge in [0.25, 0.3) is 0 Å². The molecule has 0 N–H and O–H groups in total. The maximum absolute atomic E-state index is 10.2. The first-order chi connectivity index (χ1) is 4.35. The van der Waals surface area contributed by atoms with Crippen molar-refractivity contribution in [2.24, 2.45) is 0 Å². The van der Waals surface area contributed by atoms with Crippen molar-refractivity contribution in [2.75, 3.05) is 24.8 Å². The Hall–Kier alpha value is 0.640. The van der Waals surface area contributed by atoms with E-state index in [9.17, 15) is 4.57 Å². The van der Waals surface area contributed by atoms with Crippen molar-refractivity contribution in [3.8, 4) is 0 Å². The van der Waals surface area contributed by atoms with Gasteiger partial charge in [0.1, 0.15) is 0 Å². The second-order valence-electron chi connectivity index (χ2n) is 1.41. The predicted molar refractivity (Wildman–Crippen MR) is 40.6 cm³/mol. The molecule has 0 heterocycles. The van der Waals surface area contributed by atoms with Gasteiger partial charge < -0.3 is 0 Å². The summed E-state index contributed by atoms with van der Waals surface area (Å²) >= 11 is 10.8. The second kappa shape index (κ2) is 6.76. The fourth-order valence-electron chi connectivity index (χ4n) is 0.389. The summed E-state index contributed by atoms with van der Waals surface area (Å²) in [5, 5.41) is 0. The first-order valence-electron chi connectivity index (χ1n) is 2.55. The SMILES string of the molecule is O=PN(CCCl)CCCl. The second-order valence-corrected chi connectivity index (χ2v) is 2.90. The topological polar surface area (TPSA) is 20.3 Å². The highest BCUT2D eigenvalue weighted by Crippen LogP contribution is 2.03. The van der Waals surface area contributed by atoms with E-state index in [1.165, 1.54) is 0 Å². The van der Waals surface area contributed by atoms with Crippen molar-refractivity contribution < 1.29 is 4.57 Å². The van der Waals surface area contributed by atoms with Crippen molar-refractivity contribution in [1.29, 1.82) is 0 Å². The quantitative estimate of drug-likeness (QED) is 0.485. The predicted octanol–water partition coefficient (Wildman–Crippen LogP) is 1.97. The van der Waals surface area contributed by atoms with Crippen LogP contribution in [0.15, 0.2) is 0 Å². The van der Waals surface area contributed by atoms with Crippen molar-refractivity contribution in [2.45, 2.75) is 0 Å². The van der Waals surface area contributed by atoms with Gasteiger partial charge >= 0.3 is 0 Å². The Labute approximate surface area is 66.4 Å². The number of nitrogens with zero attached hydrogens (tertiary/aromatic N) is 1. The zero-order chi connectivity index (χ0) is 7.11. The lowest BCUT2D eigenvalue weighted by molar-refractivity contribution is 0.479. The first kappa shape index (κ1) is 9.64. The van der Waals surface area contributed by atoms with Gasteiger partial charge in [0.05, 0.1) is 0 Å². The number of hydrogen-bond donors (Lipinski definition) is 0. The summed E-state index contributed by atoms with van der Waals surface area (Å²) in [6.45, 7) is 1.25. The molecule has 0 saturated carbocycles. The molecule has 0 aliphatic carbocycles. The molecule has 5 heteroatoms. The summed E-state index contributed by atoms with van der Waals surface area (Å²) in [5.41, 5.74) is 0. The molecule has 0 aromatic heterocycles. The third kappa shape index (κ3) is 5.10. The number of rotatable bonds is 5. The minimum atomic E-state index is 0.00525. The van der Waals surface area contributed by atoms with E-state index in [0.29, 0.717) is 24.8 Å². The monoisotopic (exact) mass is 187 g/mol. The van der Waals surface area contributed by atoms with Gasteiger partial charge in [0.15, 0.2) is 0 Å². The third-order valence-corrected chi connectivity index (χ3v) is 1.77. The average Bonchev–Trinajstić information content (AvgIpc) is 1.88. The zero-order valence-corrected chi connectivity index (χ0v) is 7.29. The summed E-state index contributed by atoms with van der Waals surface area (Å²) in [6, 6.07) is 0. The normalized spacial score (nSPS) is 11.0. The lowest BCUT2D eigenvalue weighted by Gasteiger charge is -2.07. The van der Waals surface area contributed by atoms with E-state index < -0.39 is 0 Å². The molecule has 0 atom stereocenters. The van der Waals surface area contributed by atoms with Gasteiger partial charge in [0, 0.05) is 24.8 Å². The fourth-order valence-corrected chi connectivity index (χ4v) is 1.40. The lowest BCUT2D eigenvalue weighted by atomic mass is 10.7. The molecule has 0 fully saturated rings. The Balaban J connectivity index is 3.29. The van der Waals surface area contributed by atoms with Gasteiger partial charge in [-0.25, -0.2) is 4.67 Å². The van der Waals surface area contributed by atoms with Crippen LogP contribution in [0.4, 0.5) is 0 Å². The maximum Gasteiger partial charge on any atom is 0.249 e. The largest absolute Gasteiger partial charge is 0.256 e. The summed E-state index contributed by atoms with van der Waals surface area (Å²) in [7, 11) is 0.00525. The smallest absolute Gasteiger partial charge is 0.249 e. The van der Waals surface area contributed by atoms with E-state index in [1.54, 1.807) is 4.67 Å². The molecule has 9 heavy (non-hydrogen) atoms. The van der Waals surface area contributed by atoms with Crippen molar-refractivity contribution in [3.05, 3.63) is 0 Å². The molecule has 0 aliphatic heterocycles. The van der Waals surface area contributed by atoms with Gasteiger partial charge in [-0.2, -0.15) is 0 Å². The molecule has 54 valence electrons. The van der Waals surface area contributed by atoms with E-state index in [4.69, 9.17) is 23.2 Å². The van der Waals surface area contributed by atoms with Crippen LogP contribution in [0.5, 0.6) is 0 Å². The first-order valence-corrected chi connectivity index (χ1v) is 4.38. The summed E-state index contributed by atoms with van der Waals surface area (Å²) in [4.78, 5) is 0. The molecule has 0 spiro atoms. The number of hydrogen-bond acceptors (Lipinski definition) is 1. The highest BCUT2D eigenvalue weighted by atomic mass is 35.5. The minimum absolute atomic E-state index is 0.00525. The summed E-state index contributed by atoms with van der Waals surface area (Å²) in [5.74, 6) is 0.984. The Kier molecular flexibility index (Phi) is 7.24. The highest BCUT2D eigenvalue weighted by molar-refractivity contribution is 7.20. The van der Waals surface area contributed by atoms with Gasteiger partial charge in [0.2, 0.25) is 8.61 Å². The van der Waals surface area contributed by atoms with Crippen LogP contribution in [-0.4, -0.2) is 29.5 Å². The lowest BCUT2D eigenvalue weighted by Crippen LogP contribution is -2.17. The molecule has 0 amide bonds. The van der Waals surface area contributed by atoms with Crippen molar-refractivity contribution in [1.82, 2.24) is 4.67 Å². The van der Waals surface area contributed by atoms with Crippen LogP contribution in [0, 0.1) is 0 Å². The minimum Gasteiger partial charge on any atom is -0.256 e. The van der Waals surface area contributed by atoms with Gasteiger partial charge in [-0.05, 0) is 0 Å². The van der Waals surface area contributed by atoms with Crippen molar-refractivity contribution in [3.63, 3.8) is 0 Å². The molecule has 0 bridgehead atoms. The van der Waals surface area contributed by atoms with Crippen LogP contribution in [-0.2, 0) is 4.57 Å². The molecule has 2 nitrogen and oxygen atoms in total. The molecular weight excluding hydrogens is 180 g/mol. The van der Waals surface area contributed by atoms with Crippen molar-refractivity contribution >= 4 is 31.8 Å². The Morgan fingerprint density at radius 2 is 1.67 bits per heavy atom. The van der Waals surface area contributed by atoms with Crippen LogP contribution in [0.2, 0.25) is 0 Å². The van der Waals surface area contributed by atoms with Crippen LogP contribution in [0.3, 0.4) is 0 Å². The van der Waals surface area contributed by atoms with E-state index >= 15 is 0 Å². The van der Waals surface area contributed by atoms with Crippen LogP contribution in [0.1, 0.15) is 0 Å². The summed E-state index contributed by atoms with van der Waals surface area (Å²) < 4.78 is 11.8. The Morgan fingerprint density at radius 1 is 1.22 bits per heavy atom. The number of halogens is 2. The Bertz CT molecular complexity index is 77.0. The molecule has 0 saturated heterocycles. The van der Waals surface area contributed by atoms with E-state index in [1.807, 2.05) is 0 Å². The highest BCUT2D eigenvalue weighted by Gasteiger charge is 1.99. The molecule has 0 aliphatic rings. The van der Waals surface area contributed by atoms with Gasteiger partial charge in [-0.1, -0.05) is 0 Å². The molecule has 0 radical (unpaired) electrons. The maximum atomic E-state index is 10.2. The Morgan fingerprint density at radius 3 is 1.89 bits per heavy atom. The molecule has 0 rings (SSSR count). The molecular formula is C4H8Cl2NOP. The van der Waals surface area contributed by atoms with Crippen LogP contribution >= 0.6 is 31.8 Å². The zero-order valence-electron chi connectivity index (χ0n) is 4.89. The third-order valence-electron chi connectivity index (χ3n) is 0.801. The molecule has 0 unspecified atom stereocenters. The summed E-state index contributed by atoms with van der Waals surface area (Å²) in [6.07, 6.45) is 0. The average molecular weight is 188 g/mol. The fraction of sp³-hybridized carbons (Fsp3) is 1.00. The number of alkyl halides is 2. The van der Waals surface area contributed by atoms with E-state index in [2.05, 4.69) is 0 Å².